The molecule has 0 saturated carbocycles. The molecular weight excluding hydrogens is 265 g/mol. The summed E-state index contributed by atoms with van der Waals surface area (Å²) in [6, 6.07) is 0. The van der Waals surface area contributed by atoms with Crippen LogP contribution >= 0.6 is 17.7 Å². The van der Waals surface area contributed by atoms with E-state index >= 15 is 0 Å². The van der Waals surface area contributed by atoms with Crippen LogP contribution in [0.4, 0.5) is 26.3 Å². The molecule has 0 aromatic rings. The third-order valence-corrected chi connectivity index (χ3v) is 6.87. The normalized spacial score (nSPS) is 15.5. The van der Waals surface area contributed by atoms with Gasteiger partial charge in [-0.15, -0.1) is 0 Å². The molecule has 0 unspecified atom stereocenters. The van der Waals surface area contributed by atoms with E-state index in [4.69, 9.17) is 0 Å². The second-order valence-electron chi connectivity index (χ2n) is 3.69. The monoisotopic (exact) mass is 274 g/mol. The molecule has 1 nitrogen and oxygen atoms in total. The van der Waals surface area contributed by atoms with Crippen LogP contribution in [0.2, 0.25) is 0 Å². The Hall–Kier alpha value is 0.160. The average molecular weight is 274 g/mol. The molecule has 0 heterocycles. The Labute approximate surface area is 86.7 Å². The molecule has 0 aliphatic carbocycles. The van der Waals surface area contributed by atoms with Gasteiger partial charge in [0.05, 0.1) is 0 Å². The molecule has 0 bridgehead atoms. The van der Waals surface area contributed by atoms with Crippen LogP contribution in [0.25, 0.3) is 0 Å². The summed E-state index contributed by atoms with van der Waals surface area (Å²) in [5, 5.41) is 0. The molecule has 0 aromatic heterocycles. The number of alkyl halides is 6. The summed E-state index contributed by atoms with van der Waals surface area (Å²) < 4.78 is 82.4. The highest BCUT2D eigenvalue weighted by Crippen LogP contribution is 2.81. The Morgan fingerprint density at radius 3 is 1.20 bits per heavy atom. The number of halogens is 6. The lowest BCUT2D eigenvalue weighted by Crippen LogP contribution is -2.23. The minimum absolute atomic E-state index is 0.576. The molecule has 0 spiro atoms. The van der Waals surface area contributed by atoms with Crippen LogP contribution in [-0.4, -0.2) is 16.6 Å². The molecule has 0 N–H and O–H groups in total. The lowest BCUT2D eigenvalue weighted by atomic mass is 10.3. The minimum atomic E-state index is -6.29. The Balaban J connectivity index is 5.37. The summed E-state index contributed by atoms with van der Waals surface area (Å²) in [7, 11) is 0. The fourth-order valence-electron chi connectivity index (χ4n) is 0.633. The van der Waals surface area contributed by atoms with Crippen LogP contribution in [0.1, 0.15) is 20.8 Å². The van der Waals surface area contributed by atoms with Crippen molar-refractivity contribution in [3.05, 3.63) is 0 Å². The smallest absolute Gasteiger partial charge is 0.293 e. The zero-order valence-corrected chi connectivity index (χ0v) is 9.74. The highest BCUT2D eigenvalue weighted by Gasteiger charge is 2.69. The molecule has 15 heavy (non-hydrogen) atoms. The van der Waals surface area contributed by atoms with Crippen molar-refractivity contribution in [2.24, 2.45) is 0 Å². The average Bonchev–Trinajstić information content (AvgIpc) is 1.77. The van der Waals surface area contributed by atoms with Crippen molar-refractivity contribution in [1.29, 1.82) is 0 Å². The maximum Gasteiger partial charge on any atom is 0.458 e. The van der Waals surface area contributed by atoms with Crippen LogP contribution in [0.5, 0.6) is 0 Å². The standard InChI is InChI=1S/C6H9F6OPS/c1-4(2,3)15-14(13,5(7,8)9)6(10,11)12/h1-3H3. The molecule has 0 rings (SSSR count). The molecule has 0 saturated heterocycles. The number of rotatable bonds is 1. The highest BCUT2D eigenvalue weighted by molar-refractivity contribution is 8.59. The van der Waals surface area contributed by atoms with E-state index in [1.807, 2.05) is 0 Å². The Morgan fingerprint density at radius 1 is 0.867 bits per heavy atom. The zero-order valence-electron chi connectivity index (χ0n) is 8.03. The lowest BCUT2D eigenvalue weighted by Gasteiger charge is -2.28. The molecule has 0 fully saturated rings. The van der Waals surface area contributed by atoms with Crippen LogP contribution in [0, 0.1) is 0 Å². The van der Waals surface area contributed by atoms with Gasteiger partial charge in [-0.1, -0.05) is 32.2 Å². The van der Waals surface area contributed by atoms with Crippen LogP contribution in [0.3, 0.4) is 0 Å². The topological polar surface area (TPSA) is 17.1 Å². The van der Waals surface area contributed by atoms with E-state index < -0.39 is 34.3 Å². The van der Waals surface area contributed by atoms with Crippen molar-refractivity contribution in [2.45, 2.75) is 37.4 Å². The molecule has 0 amide bonds. The highest BCUT2D eigenvalue weighted by atomic mass is 32.7. The van der Waals surface area contributed by atoms with Gasteiger partial charge >= 0.3 is 18.2 Å². The molecule has 0 aromatic carbocycles. The van der Waals surface area contributed by atoms with Crippen LogP contribution in [0.15, 0.2) is 0 Å². The molecule has 0 aliphatic rings. The molecule has 92 valence electrons. The minimum Gasteiger partial charge on any atom is -0.293 e. The molecule has 0 atom stereocenters. The van der Waals surface area contributed by atoms with E-state index in [-0.39, 0.29) is 0 Å². The van der Waals surface area contributed by atoms with E-state index in [0.717, 1.165) is 20.8 Å². The van der Waals surface area contributed by atoms with Gasteiger partial charge in [-0.2, -0.15) is 26.3 Å². The zero-order chi connectivity index (χ0) is 12.7. The maximum atomic E-state index is 12.1. The Kier molecular flexibility index (Phi) is 3.92. The van der Waals surface area contributed by atoms with E-state index in [9.17, 15) is 30.9 Å². The van der Waals surface area contributed by atoms with Crippen molar-refractivity contribution in [3.8, 4) is 0 Å². The van der Waals surface area contributed by atoms with Crippen molar-refractivity contribution >= 4 is 17.7 Å². The van der Waals surface area contributed by atoms with Gasteiger partial charge in [-0.25, -0.2) is 0 Å². The largest absolute Gasteiger partial charge is 0.458 e. The predicted octanol–water partition coefficient (Wildman–Crippen LogP) is 4.84. The van der Waals surface area contributed by atoms with Crippen molar-refractivity contribution in [1.82, 2.24) is 0 Å². The summed E-state index contributed by atoms with van der Waals surface area (Å²) in [6.45, 7) is 3.42. The fourth-order valence-corrected chi connectivity index (χ4v) is 4.83. The van der Waals surface area contributed by atoms with Gasteiger partial charge in [0.1, 0.15) is 0 Å². The maximum absolute atomic E-state index is 12.1. The second kappa shape index (κ2) is 3.87. The number of hydrogen-bond acceptors (Lipinski definition) is 2. The van der Waals surface area contributed by atoms with E-state index in [2.05, 4.69) is 0 Å². The first kappa shape index (κ1) is 15.2. The van der Waals surface area contributed by atoms with Gasteiger partial charge in [0.2, 0.25) is 0 Å². The van der Waals surface area contributed by atoms with Gasteiger partial charge in [0.15, 0.2) is 0 Å². The van der Waals surface area contributed by atoms with Crippen molar-refractivity contribution in [2.75, 3.05) is 0 Å². The van der Waals surface area contributed by atoms with E-state index in [1.54, 1.807) is 0 Å². The van der Waals surface area contributed by atoms with Crippen molar-refractivity contribution in [3.63, 3.8) is 0 Å². The van der Waals surface area contributed by atoms with Gasteiger partial charge in [-0.3, -0.25) is 4.57 Å². The first-order chi connectivity index (χ1) is 6.21. The third-order valence-electron chi connectivity index (χ3n) is 1.07. The molecule has 9 heteroatoms. The second-order valence-corrected chi connectivity index (χ2v) is 9.31. The Morgan fingerprint density at radius 2 is 1.13 bits per heavy atom. The first-order valence-corrected chi connectivity index (χ1v) is 6.78. The molecule has 0 aliphatic heterocycles. The molecular formula is C6H9F6OPS. The summed E-state index contributed by atoms with van der Waals surface area (Å²) in [5.41, 5.74) is 0. The predicted molar refractivity (Wildman–Crippen MR) is 47.1 cm³/mol. The van der Waals surface area contributed by atoms with Crippen molar-refractivity contribution < 1.29 is 30.9 Å². The lowest BCUT2D eigenvalue weighted by molar-refractivity contribution is -0.0892. The summed E-state index contributed by atoms with van der Waals surface area (Å²) in [4.78, 5) is 0. The Bertz CT molecular complexity index is 257. The third kappa shape index (κ3) is 3.59. The summed E-state index contributed by atoms with van der Waals surface area (Å²) in [6.07, 6.45) is -6.29. The van der Waals surface area contributed by atoms with E-state index in [0.29, 0.717) is 0 Å². The SMILES string of the molecule is CC(C)(C)SP(=O)(C(F)(F)F)C(F)(F)F. The van der Waals surface area contributed by atoms with E-state index in [1.165, 1.54) is 0 Å². The van der Waals surface area contributed by atoms with Crippen LogP contribution < -0.4 is 0 Å². The van der Waals surface area contributed by atoms with Gasteiger partial charge in [0, 0.05) is 4.75 Å². The molecule has 0 radical (unpaired) electrons. The first-order valence-electron chi connectivity index (χ1n) is 3.65. The quantitative estimate of drug-likeness (QED) is 0.503. The summed E-state index contributed by atoms with van der Waals surface area (Å²) in [5.74, 6) is -11.5. The van der Waals surface area contributed by atoms with Gasteiger partial charge < -0.3 is 0 Å². The van der Waals surface area contributed by atoms with Gasteiger partial charge in [0.25, 0.3) is 0 Å². The van der Waals surface area contributed by atoms with Gasteiger partial charge in [-0.05, 0) is 0 Å². The fraction of sp³-hybridized carbons (Fsp3) is 1.00. The number of hydrogen-bond donors (Lipinski definition) is 0. The van der Waals surface area contributed by atoms with Crippen LogP contribution in [-0.2, 0) is 4.57 Å². The summed E-state index contributed by atoms with van der Waals surface area (Å²) >= 11 is -0.576.